The first-order valence-electron chi connectivity index (χ1n) is 3.98. The Labute approximate surface area is 69.1 Å². The predicted octanol–water partition coefficient (Wildman–Crippen LogP) is 1.57. The van der Waals surface area contributed by atoms with Crippen molar-refractivity contribution >= 4 is 6.98 Å². The number of rotatable bonds is 4. The van der Waals surface area contributed by atoms with Gasteiger partial charge in [-0.2, -0.15) is 0 Å². The molecule has 1 unspecified atom stereocenters. The molecule has 0 aromatic carbocycles. The predicted molar refractivity (Wildman–Crippen MR) is 38.9 cm³/mol. The molecule has 72 valence electrons. The molecule has 0 aliphatic carbocycles. The summed E-state index contributed by atoms with van der Waals surface area (Å²) >= 11 is 0. The minimum atomic E-state index is -4.80. The van der Waals surface area contributed by atoms with Gasteiger partial charge in [0, 0.05) is 13.1 Å². The van der Waals surface area contributed by atoms with Gasteiger partial charge in [-0.3, -0.25) is 0 Å². The zero-order valence-corrected chi connectivity index (χ0v) is 6.64. The molecule has 1 heterocycles. The highest BCUT2D eigenvalue weighted by Gasteiger charge is 2.24. The lowest BCUT2D eigenvalue weighted by Crippen LogP contribution is -2.27. The topological polar surface area (TPSA) is 18.5 Å². The second-order valence-electron chi connectivity index (χ2n) is 2.88. The molecule has 1 atom stereocenters. The van der Waals surface area contributed by atoms with E-state index in [2.05, 4.69) is 4.74 Å². The van der Waals surface area contributed by atoms with E-state index in [1.807, 2.05) is 0 Å². The fourth-order valence-electron chi connectivity index (χ4n) is 1.11. The van der Waals surface area contributed by atoms with Gasteiger partial charge >= 0.3 is 6.98 Å². The van der Waals surface area contributed by atoms with Gasteiger partial charge in [0.1, 0.15) is 0 Å². The lowest BCUT2D eigenvalue weighted by atomic mass is 9.95. The Kier molecular flexibility index (Phi) is 3.40. The van der Waals surface area contributed by atoms with Gasteiger partial charge in [0.25, 0.3) is 0 Å². The molecule has 0 radical (unpaired) electrons. The molecule has 0 saturated carbocycles. The molecule has 0 spiro atoms. The van der Waals surface area contributed by atoms with Crippen LogP contribution in [0.25, 0.3) is 0 Å². The fraction of sp³-hybridized carbons (Fsp3) is 1.00. The SMILES string of the molecule is F[B-](F)(F)COCC1CCCO1. The van der Waals surface area contributed by atoms with Crippen molar-refractivity contribution in [3.8, 4) is 0 Å². The maximum atomic E-state index is 11.6. The molecule has 1 fully saturated rings. The Hall–Kier alpha value is -0.225. The van der Waals surface area contributed by atoms with Crippen LogP contribution in [0.3, 0.4) is 0 Å². The molecule has 1 saturated heterocycles. The number of hydrogen-bond acceptors (Lipinski definition) is 2. The Bertz CT molecular complexity index is 133. The summed E-state index contributed by atoms with van der Waals surface area (Å²) in [6.45, 7) is -5.20. The van der Waals surface area contributed by atoms with Gasteiger partial charge in [0.05, 0.1) is 12.7 Å². The van der Waals surface area contributed by atoms with Crippen LogP contribution in [-0.4, -0.2) is 32.8 Å². The first-order valence-corrected chi connectivity index (χ1v) is 3.98. The van der Waals surface area contributed by atoms with E-state index >= 15 is 0 Å². The molecule has 1 aliphatic heterocycles. The van der Waals surface area contributed by atoms with Crippen LogP contribution in [0.2, 0.25) is 0 Å². The van der Waals surface area contributed by atoms with Gasteiger partial charge in [-0.1, -0.05) is 0 Å². The van der Waals surface area contributed by atoms with E-state index in [4.69, 9.17) is 4.74 Å². The van der Waals surface area contributed by atoms with Gasteiger partial charge in [-0.05, 0) is 12.8 Å². The average Bonchev–Trinajstić information content (AvgIpc) is 2.36. The lowest BCUT2D eigenvalue weighted by Gasteiger charge is -2.16. The normalized spacial score (nSPS) is 24.8. The molecule has 2 nitrogen and oxygen atoms in total. The van der Waals surface area contributed by atoms with Gasteiger partial charge in [-0.25, -0.2) is 0 Å². The number of halogens is 3. The van der Waals surface area contributed by atoms with Gasteiger partial charge < -0.3 is 22.4 Å². The summed E-state index contributed by atoms with van der Waals surface area (Å²) in [7, 11) is 0. The van der Waals surface area contributed by atoms with Crippen molar-refractivity contribution in [1.29, 1.82) is 0 Å². The largest absolute Gasteiger partial charge is 0.503 e. The molecule has 0 aromatic heterocycles. The third-order valence-electron chi connectivity index (χ3n) is 1.63. The van der Waals surface area contributed by atoms with Crippen molar-refractivity contribution in [2.75, 3.05) is 19.7 Å². The maximum absolute atomic E-state index is 11.6. The van der Waals surface area contributed by atoms with Crippen molar-refractivity contribution < 1.29 is 22.4 Å². The van der Waals surface area contributed by atoms with Crippen molar-refractivity contribution in [3.05, 3.63) is 0 Å². The van der Waals surface area contributed by atoms with Crippen molar-refractivity contribution in [2.45, 2.75) is 18.9 Å². The molecular weight excluding hydrogens is 172 g/mol. The minimum absolute atomic E-state index is 0.0707. The second kappa shape index (κ2) is 4.14. The quantitative estimate of drug-likeness (QED) is 0.615. The summed E-state index contributed by atoms with van der Waals surface area (Å²) in [6.07, 6.45) is 1.61. The minimum Gasteiger partial charge on any atom is -0.447 e. The van der Waals surface area contributed by atoms with Crippen LogP contribution in [0.5, 0.6) is 0 Å². The summed E-state index contributed by atoms with van der Waals surface area (Å²) < 4.78 is 44.4. The second-order valence-corrected chi connectivity index (χ2v) is 2.88. The molecule has 6 heteroatoms. The first-order chi connectivity index (χ1) is 5.58. The van der Waals surface area contributed by atoms with Gasteiger partial charge in [-0.15, -0.1) is 0 Å². The van der Waals surface area contributed by atoms with E-state index in [0.717, 1.165) is 12.8 Å². The van der Waals surface area contributed by atoms with Crippen LogP contribution in [0.1, 0.15) is 12.8 Å². The molecule has 0 amide bonds. The lowest BCUT2D eigenvalue weighted by molar-refractivity contribution is 0.0250. The van der Waals surface area contributed by atoms with Crippen molar-refractivity contribution in [1.82, 2.24) is 0 Å². The van der Waals surface area contributed by atoms with Crippen LogP contribution < -0.4 is 0 Å². The third-order valence-corrected chi connectivity index (χ3v) is 1.63. The smallest absolute Gasteiger partial charge is 0.447 e. The maximum Gasteiger partial charge on any atom is 0.503 e. The summed E-state index contributed by atoms with van der Waals surface area (Å²) in [6, 6.07) is 0. The number of ether oxygens (including phenoxy) is 2. The Balaban J connectivity index is 2.02. The summed E-state index contributed by atoms with van der Waals surface area (Å²) in [4.78, 5) is 0. The van der Waals surface area contributed by atoms with Crippen molar-refractivity contribution in [2.24, 2.45) is 0 Å². The van der Waals surface area contributed by atoms with Crippen LogP contribution in [0.15, 0.2) is 0 Å². The molecule has 12 heavy (non-hydrogen) atoms. The average molecular weight is 183 g/mol. The highest BCUT2D eigenvalue weighted by atomic mass is 19.4. The Morgan fingerprint density at radius 2 is 2.17 bits per heavy atom. The van der Waals surface area contributed by atoms with E-state index < -0.39 is 13.5 Å². The van der Waals surface area contributed by atoms with Crippen LogP contribution in [0.4, 0.5) is 12.9 Å². The van der Waals surface area contributed by atoms with E-state index in [1.54, 1.807) is 0 Å². The molecule has 0 N–H and O–H groups in total. The van der Waals surface area contributed by atoms with E-state index in [-0.39, 0.29) is 12.7 Å². The van der Waals surface area contributed by atoms with E-state index in [0.29, 0.717) is 6.61 Å². The first kappa shape index (κ1) is 9.86. The van der Waals surface area contributed by atoms with Crippen LogP contribution in [0, 0.1) is 0 Å². The third kappa shape index (κ3) is 3.97. The molecule has 0 bridgehead atoms. The summed E-state index contributed by atoms with van der Waals surface area (Å²) in [5.74, 6) is 0. The summed E-state index contributed by atoms with van der Waals surface area (Å²) in [5.41, 5.74) is 0. The van der Waals surface area contributed by atoms with Gasteiger partial charge in [0.15, 0.2) is 0 Å². The fourth-order valence-corrected chi connectivity index (χ4v) is 1.11. The van der Waals surface area contributed by atoms with Crippen LogP contribution >= 0.6 is 0 Å². The van der Waals surface area contributed by atoms with Crippen LogP contribution in [-0.2, 0) is 9.47 Å². The molecule has 0 aromatic rings. The zero-order valence-electron chi connectivity index (χ0n) is 6.64. The van der Waals surface area contributed by atoms with E-state index in [1.165, 1.54) is 0 Å². The van der Waals surface area contributed by atoms with E-state index in [9.17, 15) is 12.9 Å². The highest BCUT2D eigenvalue weighted by Crippen LogP contribution is 2.13. The monoisotopic (exact) mass is 183 g/mol. The zero-order chi connectivity index (χ0) is 9.03. The Morgan fingerprint density at radius 1 is 1.42 bits per heavy atom. The molecule has 1 aliphatic rings. The summed E-state index contributed by atoms with van der Waals surface area (Å²) in [5, 5.41) is 0. The van der Waals surface area contributed by atoms with Gasteiger partial charge in [0.2, 0.25) is 0 Å². The molecule has 1 rings (SSSR count). The number of hydrogen-bond donors (Lipinski definition) is 0. The molecular formula is C6H11BF3O2-. The Morgan fingerprint density at radius 3 is 2.67 bits per heavy atom. The standard InChI is InChI=1S/C6H11BF3O2/c8-7(9,10)5-11-4-6-2-1-3-12-6/h6H,1-5H2/q-1. The highest BCUT2D eigenvalue weighted by molar-refractivity contribution is 6.58. The van der Waals surface area contributed by atoms with Crippen molar-refractivity contribution in [3.63, 3.8) is 0 Å².